The largest absolute Gasteiger partial charge is 0.497 e. The van der Waals surface area contributed by atoms with Crippen LogP contribution in [0.1, 0.15) is 10.4 Å². The van der Waals surface area contributed by atoms with Gasteiger partial charge in [-0.25, -0.2) is 0 Å². The maximum Gasteiger partial charge on any atom is 0.279 e. The number of ether oxygens (including phenoxy) is 2. The minimum absolute atomic E-state index is 0.353. The van der Waals surface area contributed by atoms with E-state index in [1.54, 1.807) is 32.4 Å². The first kappa shape index (κ1) is 20.6. The molecule has 0 aliphatic carbocycles. The standard InChI is InChI=1S/C25H22N2O3S/c1-27-22(17-10-6-4-7-11-17)23(18-12-8-5-9-13-18)31-25(27)26-24(28)19-14-20(29-2)16-21(15-19)30-3/h4-16H,1-3H3. The lowest BCUT2D eigenvalue weighted by molar-refractivity contribution is 0.0997. The van der Waals surface area contributed by atoms with Crippen LogP contribution in [-0.4, -0.2) is 24.7 Å². The van der Waals surface area contributed by atoms with Gasteiger partial charge in [0, 0.05) is 18.7 Å². The van der Waals surface area contributed by atoms with Crippen molar-refractivity contribution < 1.29 is 14.3 Å². The predicted molar refractivity (Wildman–Crippen MR) is 124 cm³/mol. The van der Waals surface area contributed by atoms with Crippen LogP contribution >= 0.6 is 11.3 Å². The zero-order valence-corrected chi connectivity index (χ0v) is 18.3. The van der Waals surface area contributed by atoms with Gasteiger partial charge >= 0.3 is 0 Å². The molecule has 0 saturated carbocycles. The second-order valence-electron chi connectivity index (χ2n) is 6.87. The number of methoxy groups -OCH3 is 2. The van der Waals surface area contributed by atoms with Crippen molar-refractivity contribution in [2.24, 2.45) is 12.0 Å². The van der Waals surface area contributed by atoms with Gasteiger partial charge < -0.3 is 14.0 Å². The average molecular weight is 431 g/mol. The van der Waals surface area contributed by atoms with Gasteiger partial charge in [0.05, 0.1) is 24.8 Å². The molecule has 0 bridgehead atoms. The molecule has 0 spiro atoms. The molecule has 5 nitrogen and oxygen atoms in total. The van der Waals surface area contributed by atoms with Gasteiger partial charge in [0.25, 0.3) is 5.91 Å². The molecule has 0 fully saturated rings. The number of thiazole rings is 1. The second kappa shape index (κ2) is 9.02. The fraction of sp³-hybridized carbons (Fsp3) is 0.120. The molecule has 6 heteroatoms. The molecule has 4 aromatic rings. The highest BCUT2D eigenvalue weighted by Crippen LogP contribution is 2.34. The van der Waals surface area contributed by atoms with Crippen molar-refractivity contribution in [2.45, 2.75) is 0 Å². The number of carbonyl (C=O) groups excluding carboxylic acids is 1. The summed E-state index contributed by atoms with van der Waals surface area (Å²) in [6, 6.07) is 25.3. The highest BCUT2D eigenvalue weighted by Gasteiger charge is 2.16. The van der Waals surface area contributed by atoms with E-state index >= 15 is 0 Å². The van der Waals surface area contributed by atoms with Crippen LogP contribution in [-0.2, 0) is 7.05 Å². The zero-order valence-electron chi connectivity index (χ0n) is 17.5. The van der Waals surface area contributed by atoms with Crippen molar-refractivity contribution in [3.8, 4) is 33.2 Å². The van der Waals surface area contributed by atoms with Gasteiger partial charge in [-0.2, -0.15) is 4.99 Å². The average Bonchev–Trinajstić information content (AvgIpc) is 3.15. The maximum atomic E-state index is 13.0. The van der Waals surface area contributed by atoms with Crippen LogP contribution in [0.5, 0.6) is 11.5 Å². The molecule has 0 aliphatic rings. The molecule has 3 aromatic carbocycles. The van der Waals surface area contributed by atoms with Crippen molar-refractivity contribution in [3.63, 3.8) is 0 Å². The van der Waals surface area contributed by atoms with Gasteiger partial charge in [0.2, 0.25) is 0 Å². The third-order valence-corrected chi connectivity index (χ3v) is 6.09. The van der Waals surface area contributed by atoms with E-state index in [9.17, 15) is 4.79 Å². The van der Waals surface area contributed by atoms with Gasteiger partial charge in [0.15, 0.2) is 4.80 Å². The van der Waals surface area contributed by atoms with E-state index in [1.165, 1.54) is 11.3 Å². The molecule has 1 heterocycles. The number of rotatable bonds is 5. The Kier molecular flexibility index (Phi) is 6.00. The van der Waals surface area contributed by atoms with Gasteiger partial charge in [0.1, 0.15) is 11.5 Å². The van der Waals surface area contributed by atoms with Crippen LogP contribution in [0.15, 0.2) is 83.9 Å². The quantitative estimate of drug-likeness (QED) is 0.438. The van der Waals surface area contributed by atoms with Gasteiger partial charge in [-0.15, -0.1) is 0 Å². The van der Waals surface area contributed by atoms with E-state index in [4.69, 9.17) is 9.47 Å². The molecule has 0 saturated heterocycles. The molecule has 31 heavy (non-hydrogen) atoms. The second-order valence-corrected chi connectivity index (χ2v) is 7.85. The molecule has 4 rings (SSSR count). The van der Waals surface area contributed by atoms with E-state index in [2.05, 4.69) is 29.3 Å². The van der Waals surface area contributed by atoms with Gasteiger partial charge in [-0.1, -0.05) is 72.0 Å². The number of carbonyl (C=O) groups is 1. The van der Waals surface area contributed by atoms with Crippen LogP contribution < -0.4 is 14.3 Å². The van der Waals surface area contributed by atoms with Crippen LogP contribution in [0, 0.1) is 0 Å². The normalized spacial score (nSPS) is 11.4. The first-order valence-electron chi connectivity index (χ1n) is 9.73. The number of nitrogens with zero attached hydrogens (tertiary/aromatic N) is 2. The molecule has 0 N–H and O–H groups in total. The monoisotopic (exact) mass is 430 g/mol. The number of amides is 1. The summed E-state index contributed by atoms with van der Waals surface area (Å²) in [6.45, 7) is 0. The van der Waals surface area contributed by atoms with E-state index in [1.807, 2.05) is 48.0 Å². The van der Waals surface area contributed by atoms with Crippen LogP contribution in [0.4, 0.5) is 0 Å². The van der Waals surface area contributed by atoms with Crippen molar-refractivity contribution in [2.75, 3.05) is 14.2 Å². The van der Waals surface area contributed by atoms with E-state index in [-0.39, 0.29) is 5.91 Å². The van der Waals surface area contributed by atoms with E-state index in [0.717, 1.165) is 21.7 Å². The van der Waals surface area contributed by atoms with Crippen LogP contribution in [0.25, 0.3) is 21.7 Å². The molecule has 0 atom stereocenters. The third-order valence-electron chi connectivity index (χ3n) is 4.91. The van der Waals surface area contributed by atoms with Crippen molar-refractivity contribution in [1.29, 1.82) is 0 Å². The maximum absolute atomic E-state index is 13.0. The number of aromatic nitrogens is 1. The topological polar surface area (TPSA) is 52.8 Å². The molecule has 1 amide bonds. The summed E-state index contributed by atoms with van der Waals surface area (Å²) < 4.78 is 12.5. The predicted octanol–water partition coefficient (Wildman–Crippen LogP) is 5.18. The first-order chi connectivity index (χ1) is 15.1. The Bertz CT molecular complexity index is 1250. The lowest BCUT2D eigenvalue weighted by atomic mass is 10.1. The molecule has 0 unspecified atom stereocenters. The summed E-state index contributed by atoms with van der Waals surface area (Å²) in [7, 11) is 5.04. The van der Waals surface area contributed by atoms with Gasteiger partial charge in [-0.05, 0) is 23.3 Å². The molecular weight excluding hydrogens is 408 g/mol. The van der Waals surface area contributed by atoms with Crippen LogP contribution in [0.2, 0.25) is 0 Å². The molecule has 1 aromatic heterocycles. The zero-order chi connectivity index (χ0) is 21.8. The summed E-state index contributed by atoms with van der Waals surface area (Å²) in [4.78, 5) is 19.1. The summed E-state index contributed by atoms with van der Waals surface area (Å²) >= 11 is 1.49. The third kappa shape index (κ3) is 4.29. The summed E-state index contributed by atoms with van der Waals surface area (Å²) in [5.74, 6) is 0.736. The Morgan fingerprint density at radius 2 is 1.39 bits per heavy atom. The smallest absolute Gasteiger partial charge is 0.279 e. The van der Waals surface area contributed by atoms with E-state index in [0.29, 0.717) is 21.9 Å². The summed E-state index contributed by atoms with van der Waals surface area (Å²) in [5.41, 5.74) is 3.58. The minimum atomic E-state index is -0.353. The van der Waals surface area contributed by atoms with Crippen molar-refractivity contribution in [3.05, 3.63) is 89.2 Å². The fourth-order valence-electron chi connectivity index (χ4n) is 3.34. The lowest BCUT2D eigenvalue weighted by Crippen LogP contribution is -2.14. The molecule has 0 aliphatic heterocycles. The molecular formula is C25H22N2O3S. The summed E-state index contributed by atoms with van der Waals surface area (Å²) in [6.07, 6.45) is 0. The highest BCUT2D eigenvalue weighted by atomic mass is 32.1. The van der Waals surface area contributed by atoms with Crippen molar-refractivity contribution in [1.82, 2.24) is 4.57 Å². The Labute approximate surface area is 184 Å². The fourth-order valence-corrected chi connectivity index (χ4v) is 4.49. The lowest BCUT2D eigenvalue weighted by Gasteiger charge is -2.07. The minimum Gasteiger partial charge on any atom is -0.497 e. The Hall–Kier alpha value is -3.64. The first-order valence-corrected chi connectivity index (χ1v) is 10.5. The highest BCUT2D eigenvalue weighted by molar-refractivity contribution is 7.13. The number of hydrogen-bond donors (Lipinski definition) is 0. The SMILES string of the molecule is COc1cc(OC)cc(C(=O)N=c2sc(-c3ccccc3)c(-c3ccccc3)n2C)c1. The Morgan fingerprint density at radius 1 is 0.839 bits per heavy atom. The molecule has 156 valence electrons. The number of hydrogen-bond acceptors (Lipinski definition) is 4. The summed E-state index contributed by atoms with van der Waals surface area (Å²) in [5, 5.41) is 0. The Morgan fingerprint density at radius 3 is 1.94 bits per heavy atom. The molecule has 0 radical (unpaired) electrons. The Balaban J connectivity index is 1.87. The van der Waals surface area contributed by atoms with E-state index < -0.39 is 0 Å². The van der Waals surface area contributed by atoms with Crippen LogP contribution in [0.3, 0.4) is 0 Å². The number of benzene rings is 3. The van der Waals surface area contributed by atoms with Gasteiger partial charge in [-0.3, -0.25) is 4.79 Å². The van der Waals surface area contributed by atoms with Crippen molar-refractivity contribution >= 4 is 17.2 Å².